The van der Waals surface area contributed by atoms with Crippen molar-refractivity contribution in [2.45, 2.75) is 4.90 Å². The quantitative estimate of drug-likeness (QED) is 0.588. The summed E-state index contributed by atoms with van der Waals surface area (Å²) in [5.41, 5.74) is 1.11. The molecule has 1 aliphatic heterocycles. The van der Waals surface area contributed by atoms with E-state index in [0.29, 0.717) is 42.5 Å². The lowest BCUT2D eigenvalue weighted by atomic mass is 10.2. The first-order chi connectivity index (χ1) is 14.3. The molecule has 30 heavy (non-hydrogen) atoms. The molecule has 0 spiro atoms. The summed E-state index contributed by atoms with van der Waals surface area (Å²) in [5, 5.41) is 1.47. The molecule has 0 aliphatic carbocycles. The zero-order valence-corrected chi connectivity index (χ0v) is 18.9. The Morgan fingerprint density at radius 2 is 1.90 bits per heavy atom. The lowest BCUT2D eigenvalue weighted by molar-refractivity contribution is 0.0746. The van der Waals surface area contributed by atoms with E-state index < -0.39 is 9.84 Å². The average Bonchev–Trinajstić information content (AvgIpc) is 3.20. The maximum absolute atomic E-state index is 12.9. The number of amides is 1. The number of nitrogens with zero attached hydrogens (tertiary/aromatic N) is 3. The molecule has 1 amide bonds. The molecule has 0 saturated carbocycles. The van der Waals surface area contributed by atoms with Gasteiger partial charge in [-0.3, -0.25) is 4.79 Å². The molecule has 3 aromatic rings. The van der Waals surface area contributed by atoms with Gasteiger partial charge in [0.25, 0.3) is 5.91 Å². The highest BCUT2D eigenvalue weighted by Crippen LogP contribution is 2.38. The van der Waals surface area contributed by atoms with Gasteiger partial charge in [0.2, 0.25) is 0 Å². The van der Waals surface area contributed by atoms with E-state index in [4.69, 9.17) is 21.3 Å². The molecule has 2 heterocycles. The molecular weight excluding hydrogens is 446 g/mol. The van der Waals surface area contributed by atoms with Crippen LogP contribution in [0.3, 0.4) is 0 Å². The summed E-state index contributed by atoms with van der Waals surface area (Å²) in [4.78, 5) is 21.6. The van der Waals surface area contributed by atoms with Crippen LogP contribution in [0.1, 0.15) is 10.4 Å². The van der Waals surface area contributed by atoms with Crippen LogP contribution in [-0.4, -0.2) is 63.8 Å². The Balaban J connectivity index is 1.50. The predicted octanol–water partition coefficient (Wildman–Crippen LogP) is 3.32. The molecule has 158 valence electrons. The van der Waals surface area contributed by atoms with Gasteiger partial charge in [-0.1, -0.05) is 29.0 Å². The standard InChI is InChI=1S/C20H20ClN3O4S2/c1-28-16-7-6-15(21)18-17(16)22-20(29-18)24-10-8-23(9-11-24)19(25)13-4-3-5-14(12-13)30(2,26)27/h3-7,12H,8-11H2,1-2H3. The highest BCUT2D eigenvalue weighted by molar-refractivity contribution is 7.90. The van der Waals surface area contributed by atoms with Gasteiger partial charge in [0, 0.05) is 38.0 Å². The second-order valence-corrected chi connectivity index (χ2v) is 10.4. The van der Waals surface area contributed by atoms with Gasteiger partial charge in [0.15, 0.2) is 15.0 Å². The molecule has 1 fully saturated rings. The fourth-order valence-corrected chi connectivity index (χ4v) is 5.36. The fourth-order valence-electron chi connectivity index (χ4n) is 3.38. The first kappa shape index (κ1) is 20.9. The van der Waals surface area contributed by atoms with Crippen molar-refractivity contribution < 1.29 is 17.9 Å². The third kappa shape index (κ3) is 3.97. The minimum Gasteiger partial charge on any atom is -0.494 e. The highest BCUT2D eigenvalue weighted by Gasteiger charge is 2.25. The molecule has 0 radical (unpaired) electrons. The normalized spacial score (nSPS) is 14.9. The zero-order chi connectivity index (χ0) is 21.5. The Morgan fingerprint density at radius 3 is 2.57 bits per heavy atom. The van der Waals surface area contributed by atoms with Crippen LogP contribution in [-0.2, 0) is 9.84 Å². The second-order valence-electron chi connectivity index (χ2n) is 7.00. The van der Waals surface area contributed by atoms with Crippen molar-refractivity contribution >= 4 is 54.0 Å². The summed E-state index contributed by atoms with van der Waals surface area (Å²) in [7, 11) is -1.76. The van der Waals surface area contributed by atoms with Crippen LogP contribution in [0.5, 0.6) is 5.75 Å². The second kappa shape index (κ2) is 8.05. The van der Waals surface area contributed by atoms with Gasteiger partial charge in [0.05, 0.1) is 21.7 Å². The molecule has 1 aliphatic rings. The molecular formula is C20H20ClN3O4S2. The lowest BCUT2D eigenvalue weighted by Gasteiger charge is -2.34. The van der Waals surface area contributed by atoms with Crippen LogP contribution in [0, 0.1) is 0 Å². The topological polar surface area (TPSA) is 79.8 Å². The molecule has 1 aromatic heterocycles. The van der Waals surface area contributed by atoms with E-state index in [1.807, 2.05) is 0 Å². The molecule has 4 rings (SSSR count). The summed E-state index contributed by atoms with van der Waals surface area (Å²) >= 11 is 7.82. The molecule has 10 heteroatoms. The van der Waals surface area contributed by atoms with Crippen molar-refractivity contribution in [1.29, 1.82) is 0 Å². The number of fused-ring (bicyclic) bond motifs is 1. The number of halogens is 1. The molecule has 7 nitrogen and oxygen atoms in total. The molecule has 2 aromatic carbocycles. The Labute approximate surface area is 183 Å². The number of ether oxygens (including phenoxy) is 1. The van der Waals surface area contributed by atoms with Crippen molar-refractivity contribution in [2.24, 2.45) is 0 Å². The molecule has 1 saturated heterocycles. The van der Waals surface area contributed by atoms with Gasteiger partial charge in [-0.2, -0.15) is 0 Å². The summed E-state index contributed by atoms with van der Waals surface area (Å²) in [6, 6.07) is 9.77. The number of methoxy groups -OCH3 is 1. The highest BCUT2D eigenvalue weighted by atomic mass is 35.5. The van der Waals surface area contributed by atoms with E-state index in [0.717, 1.165) is 21.6 Å². The number of sulfone groups is 1. The maximum Gasteiger partial charge on any atom is 0.254 e. The van der Waals surface area contributed by atoms with Crippen molar-refractivity contribution in [2.75, 3.05) is 44.4 Å². The number of hydrogen-bond donors (Lipinski definition) is 0. The minimum absolute atomic E-state index is 0.146. The number of anilines is 1. The van der Waals surface area contributed by atoms with E-state index in [1.54, 1.807) is 36.3 Å². The Bertz CT molecular complexity index is 1220. The lowest BCUT2D eigenvalue weighted by Crippen LogP contribution is -2.48. The average molecular weight is 466 g/mol. The molecule has 0 N–H and O–H groups in total. The monoisotopic (exact) mass is 465 g/mol. The van der Waals surface area contributed by atoms with Crippen molar-refractivity contribution in [3.05, 3.63) is 47.0 Å². The summed E-state index contributed by atoms with van der Waals surface area (Å²) < 4.78 is 29.8. The summed E-state index contributed by atoms with van der Waals surface area (Å²) in [5.74, 6) is 0.505. The largest absolute Gasteiger partial charge is 0.494 e. The number of piperazine rings is 1. The minimum atomic E-state index is -3.36. The van der Waals surface area contributed by atoms with Gasteiger partial charge < -0.3 is 14.5 Å². The third-order valence-corrected chi connectivity index (χ3v) is 7.70. The number of hydrogen-bond acceptors (Lipinski definition) is 7. The number of carbonyl (C=O) groups is 1. The number of benzene rings is 2. The van der Waals surface area contributed by atoms with E-state index in [9.17, 15) is 13.2 Å². The number of aromatic nitrogens is 1. The van der Waals surface area contributed by atoms with Crippen LogP contribution < -0.4 is 9.64 Å². The summed E-state index contributed by atoms with van der Waals surface area (Å²) in [6.07, 6.45) is 1.13. The zero-order valence-electron chi connectivity index (χ0n) is 16.5. The van der Waals surface area contributed by atoms with Gasteiger partial charge in [-0.25, -0.2) is 13.4 Å². The SMILES string of the molecule is COc1ccc(Cl)c2sc(N3CCN(C(=O)c4cccc(S(C)(=O)=O)c4)CC3)nc12. The van der Waals surface area contributed by atoms with Crippen molar-refractivity contribution in [3.8, 4) is 5.75 Å². The first-order valence-corrected chi connectivity index (χ1v) is 12.3. The van der Waals surface area contributed by atoms with Crippen LogP contribution in [0.25, 0.3) is 10.2 Å². The van der Waals surface area contributed by atoms with Crippen molar-refractivity contribution in [1.82, 2.24) is 9.88 Å². The maximum atomic E-state index is 12.9. The van der Waals surface area contributed by atoms with Gasteiger partial charge in [-0.15, -0.1) is 0 Å². The summed E-state index contributed by atoms with van der Waals surface area (Å²) in [6.45, 7) is 2.28. The van der Waals surface area contributed by atoms with E-state index in [-0.39, 0.29) is 10.8 Å². The Hall–Kier alpha value is -2.36. The van der Waals surface area contributed by atoms with E-state index >= 15 is 0 Å². The molecule has 0 atom stereocenters. The van der Waals surface area contributed by atoms with Crippen LogP contribution in [0.15, 0.2) is 41.3 Å². The van der Waals surface area contributed by atoms with E-state index in [1.165, 1.54) is 23.5 Å². The van der Waals surface area contributed by atoms with Crippen molar-refractivity contribution in [3.63, 3.8) is 0 Å². The molecule has 0 bridgehead atoms. The van der Waals surface area contributed by atoms with Crippen LogP contribution in [0.2, 0.25) is 5.02 Å². The Kier molecular flexibility index (Phi) is 5.61. The van der Waals surface area contributed by atoms with Crippen LogP contribution in [0.4, 0.5) is 5.13 Å². The van der Waals surface area contributed by atoms with Crippen LogP contribution >= 0.6 is 22.9 Å². The van der Waals surface area contributed by atoms with Gasteiger partial charge in [-0.05, 0) is 30.3 Å². The predicted molar refractivity (Wildman–Crippen MR) is 119 cm³/mol. The third-order valence-electron chi connectivity index (χ3n) is 5.01. The number of thiazole rings is 1. The smallest absolute Gasteiger partial charge is 0.254 e. The van der Waals surface area contributed by atoms with Gasteiger partial charge >= 0.3 is 0 Å². The van der Waals surface area contributed by atoms with Gasteiger partial charge in [0.1, 0.15) is 11.3 Å². The molecule has 0 unspecified atom stereocenters. The van der Waals surface area contributed by atoms with E-state index in [2.05, 4.69) is 4.90 Å². The first-order valence-electron chi connectivity index (χ1n) is 9.25. The fraction of sp³-hybridized carbons (Fsp3) is 0.300. The number of carbonyl (C=O) groups excluding carboxylic acids is 1. The number of rotatable bonds is 4. The Morgan fingerprint density at radius 1 is 1.17 bits per heavy atom.